The van der Waals surface area contributed by atoms with Crippen LogP contribution in [0, 0.1) is 0 Å². The second-order valence-electron chi connectivity index (χ2n) is 3.25. The zero-order valence-corrected chi connectivity index (χ0v) is 11.2. The van der Waals surface area contributed by atoms with E-state index in [1.807, 2.05) is 0 Å². The molecule has 1 saturated heterocycles. The van der Waals surface area contributed by atoms with Crippen molar-refractivity contribution in [1.82, 2.24) is 10.6 Å². The van der Waals surface area contributed by atoms with Gasteiger partial charge in [0.25, 0.3) is 0 Å². The summed E-state index contributed by atoms with van der Waals surface area (Å²) in [5, 5.41) is 14.0. The molecule has 0 radical (unpaired) electrons. The molecule has 10 nitrogen and oxygen atoms in total. The Labute approximate surface area is 115 Å². The maximum absolute atomic E-state index is 10.0. The molecule has 0 aromatic heterocycles. The third-order valence-corrected chi connectivity index (χ3v) is 1.64. The average molecular weight is 292 g/mol. The summed E-state index contributed by atoms with van der Waals surface area (Å²) >= 11 is 0. The average Bonchev–Trinajstić information content (AvgIpc) is 2.42. The summed E-state index contributed by atoms with van der Waals surface area (Å²) in [7, 11) is 0. The predicted molar refractivity (Wildman–Crippen MR) is 68.4 cm³/mol. The number of aliphatic carboxylic acids is 1. The van der Waals surface area contributed by atoms with Gasteiger partial charge in [-0.2, -0.15) is 0 Å². The third-order valence-electron chi connectivity index (χ3n) is 1.64. The van der Waals surface area contributed by atoms with Crippen LogP contribution in [0.25, 0.3) is 0 Å². The van der Waals surface area contributed by atoms with Gasteiger partial charge in [-0.25, -0.2) is 9.59 Å². The summed E-state index contributed by atoms with van der Waals surface area (Å²) in [6.45, 7) is 6.34. The summed E-state index contributed by atoms with van der Waals surface area (Å²) in [4.78, 5) is 38.4. The number of nitrogens with one attached hydrogen (secondary N) is 2. The highest BCUT2D eigenvalue weighted by atomic mass is 16.5. The maximum atomic E-state index is 10.0. The zero-order valence-electron chi connectivity index (χ0n) is 11.2. The number of nitrogens with two attached hydrogens (primary N) is 2. The standard InChI is InChI=1S/C4H10N2.C4H7NO3.C2H3NO3/c1-2-6-4-3-5-1;1-2-8-4(7)3(5)6;3-1(4)2(5)6/h5-6H,1-4H2;2H2,1H3,(H2,5,6);(H2,3,4)(H,5,6). The van der Waals surface area contributed by atoms with Crippen molar-refractivity contribution in [3.8, 4) is 0 Å². The molecule has 116 valence electrons. The second-order valence-corrected chi connectivity index (χ2v) is 3.25. The van der Waals surface area contributed by atoms with Crippen molar-refractivity contribution in [2.45, 2.75) is 6.92 Å². The number of esters is 1. The molecule has 20 heavy (non-hydrogen) atoms. The number of carbonyl (C=O) groups excluding carboxylic acids is 3. The van der Waals surface area contributed by atoms with Crippen LogP contribution < -0.4 is 22.1 Å². The minimum atomic E-state index is -1.60. The van der Waals surface area contributed by atoms with Crippen LogP contribution in [0.2, 0.25) is 0 Å². The number of carboxylic acids is 1. The first-order chi connectivity index (χ1) is 9.32. The van der Waals surface area contributed by atoms with Crippen molar-refractivity contribution in [1.29, 1.82) is 0 Å². The highest BCUT2D eigenvalue weighted by Crippen LogP contribution is 1.72. The van der Waals surface area contributed by atoms with Crippen LogP contribution in [0.1, 0.15) is 6.92 Å². The quantitative estimate of drug-likeness (QED) is 0.247. The van der Waals surface area contributed by atoms with Crippen molar-refractivity contribution in [2.24, 2.45) is 11.5 Å². The van der Waals surface area contributed by atoms with Crippen molar-refractivity contribution in [3.63, 3.8) is 0 Å². The normalized spacial score (nSPS) is 12.7. The molecule has 1 fully saturated rings. The molecule has 0 bridgehead atoms. The molecule has 0 aromatic rings. The van der Waals surface area contributed by atoms with Gasteiger partial charge in [-0.05, 0) is 6.92 Å². The fourth-order valence-corrected chi connectivity index (χ4v) is 0.806. The Bertz CT molecular complexity index is 306. The van der Waals surface area contributed by atoms with Crippen molar-refractivity contribution >= 4 is 23.8 Å². The molecule has 0 atom stereocenters. The number of primary amides is 2. The van der Waals surface area contributed by atoms with E-state index in [1.165, 1.54) is 0 Å². The topological polar surface area (TPSA) is 174 Å². The Hall–Kier alpha value is -2.20. The van der Waals surface area contributed by atoms with Crippen LogP contribution in [-0.2, 0) is 23.9 Å². The van der Waals surface area contributed by atoms with Crippen LogP contribution in [-0.4, -0.2) is 61.6 Å². The Morgan fingerprint density at radius 2 is 1.35 bits per heavy atom. The van der Waals surface area contributed by atoms with Gasteiger partial charge in [0.1, 0.15) is 0 Å². The highest BCUT2D eigenvalue weighted by molar-refractivity contribution is 6.31. The van der Waals surface area contributed by atoms with Crippen LogP contribution in [0.5, 0.6) is 0 Å². The van der Waals surface area contributed by atoms with Crippen LogP contribution in [0.4, 0.5) is 0 Å². The van der Waals surface area contributed by atoms with Gasteiger partial charge in [0, 0.05) is 26.2 Å². The largest absolute Gasteiger partial charge is 0.474 e. The molecule has 0 unspecified atom stereocenters. The smallest absolute Gasteiger partial charge is 0.396 e. The van der Waals surface area contributed by atoms with E-state index in [-0.39, 0.29) is 6.61 Å². The van der Waals surface area contributed by atoms with Crippen molar-refractivity contribution in [2.75, 3.05) is 32.8 Å². The molecule has 1 rings (SSSR count). The summed E-state index contributed by atoms with van der Waals surface area (Å²) in [6.07, 6.45) is 0. The fraction of sp³-hybridized carbons (Fsp3) is 0.600. The Kier molecular flexibility index (Phi) is 13.3. The number of amides is 2. The molecule has 10 heteroatoms. The lowest BCUT2D eigenvalue weighted by Crippen LogP contribution is -2.39. The van der Waals surface area contributed by atoms with Gasteiger partial charge < -0.3 is 31.9 Å². The fourth-order valence-electron chi connectivity index (χ4n) is 0.806. The first kappa shape index (κ1) is 20.1. The number of hydrogen-bond acceptors (Lipinski definition) is 7. The first-order valence-electron chi connectivity index (χ1n) is 5.73. The van der Waals surface area contributed by atoms with Crippen molar-refractivity contribution < 1.29 is 29.0 Å². The van der Waals surface area contributed by atoms with E-state index in [1.54, 1.807) is 6.92 Å². The molecule has 0 aromatic carbocycles. The predicted octanol–water partition coefficient (Wildman–Crippen LogP) is -3.23. The first-order valence-corrected chi connectivity index (χ1v) is 5.73. The van der Waals surface area contributed by atoms with E-state index in [9.17, 15) is 19.2 Å². The minimum Gasteiger partial charge on any atom is -0.474 e. The number of piperazine rings is 1. The molecule has 1 aliphatic rings. The zero-order chi connectivity index (χ0) is 16.0. The molecular weight excluding hydrogens is 272 g/mol. The second kappa shape index (κ2) is 13.2. The number of ether oxygens (including phenoxy) is 1. The number of rotatable bonds is 1. The molecule has 1 aliphatic heterocycles. The van der Waals surface area contributed by atoms with Gasteiger partial charge >= 0.3 is 23.8 Å². The van der Waals surface area contributed by atoms with E-state index < -0.39 is 23.8 Å². The lowest BCUT2D eigenvalue weighted by molar-refractivity contribution is -0.153. The Morgan fingerprint density at radius 1 is 1.00 bits per heavy atom. The Balaban J connectivity index is 0. The summed E-state index contributed by atoms with van der Waals surface area (Å²) < 4.78 is 4.19. The van der Waals surface area contributed by atoms with Crippen LogP contribution in [0.3, 0.4) is 0 Å². The van der Waals surface area contributed by atoms with Gasteiger partial charge in [0.15, 0.2) is 0 Å². The van der Waals surface area contributed by atoms with E-state index in [0.717, 1.165) is 26.2 Å². The minimum absolute atomic E-state index is 0.182. The molecule has 0 spiro atoms. The van der Waals surface area contributed by atoms with Gasteiger partial charge in [0.2, 0.25) is 0 Å². The summed E-state index contributed by atoms with van der Waals surface area (Å²) in [5.74, 6) is -4.95. The van der Waals surface area contributed by atoms with Gasteiger partial charge in [-0.1, -0.05) is 0 Å². The lowest BCUT2D eigenvalue weighted by atomic mass is 10.4. The molecule has 0 aliphatic carbocycles. The van der Waals surface area contributed by atoms with E-state index in [2.05, 4.69) is 26.8 Å². The van der Waals surface area contributed by atoms with Gasteiger partial charge in [0.05, 0.1) is 6.61 Å². The molecular formula is C10H20N4O6. The summed E-state index contributed by atoms with van der Waals surface area (Å²) in [6, 6.07) is 0. The van der Waals surface area contributed by atoms with E-state index >= 15 is 0 Å². The monoisotopic (exact) mass is 292 g/mol. The van der Waals surface area contributed by atoms with Crippen molar-refractivity contribution in [3.05, 3.63) is 0 Å². The third kappa shape index (κ3) is 15.8. The van der Waals surface area contributed by atoms with Crippen LogP contribution in [0.15, 0.2) is 0 Å². The SMILES string of the molecule is C1CNCCN1.CCOC(=O)C(N)=O.NC(=O)C(=O)O. The maximum Gasteiger partial charge on any atom is 0.396 e. The van der Waals surface area contributed by atoms with E-state index in [4.69, 9.17) is 5.11 Å². The Morgan fingerprint density at radius 3 is 1.45 bits per heavy atom. The molecule has 7 N–H and O–H groups in total. The lowest BCUT2D eigenvalue weighted by Gasteiger charge is -2.11. The van der Waals surface area contributed by atoms with Gasteiger partial charge in [-0.3, -0.25) is 9.59 Å². The van der Waals surface area contributed by atoms with Crippen LogP contribution >= 0.6 is 0 Å². The van der Waals surface area contributed by atoms with E-state index in [0.29, 0.717) is 0 Å². The number of hydrogen-bond donors (Lipinski definition) is 5. The molecule has 1 heterocycles. The molecule has 0 saturated carbocycles. The highest BCUT2D eigenvalue weighted by Gasteiger charge is 2.06. The number of carbonyl (C=O) groups is 4. The summed E-state index contributed by atoms with van der Waals surface area (Å²) in [5.41, 5.74) is 8.71. The molecule has 2 amide bonds. The van der Waals surface area contributed by atoms with Gasteiger partial charge in [-0.15, -0.1) is 0 Å². The number of carboxylic acid groups (broad SMARTS) is 1.